The Morgan fingerprint density at radius 3 is 2.35 bits per heavy atom. The third kappa shape index (κ3) is 5.09. The predicted molar refractivity (Wildman–Crippen MR) is 134 cm³/mol. The topological polar surface area (TPSA) is 78.5 Å². The third-order valence-corrected chi connectivity index (χ3v) is 6.34. The van der Waals surface area contributed by atoms with Crippen LogP contribution in [-0.2, 0) is 16.0 Å². The molecule has 4 rings (SSSR count). The Labute approximate surface area is 211 Å². The van der Waals surface area contributed by atoms with Gasteiger partial charge >= 0.3 is 0 Å². The second-order valence-electron chi connectivity index (χ2n) is 7.45. The zero-order valence-electron chi connectivity index (χ0n) is 17.6. The number of hydrogen-bond donors (Lipinski definition) is 2. The first-order chi connectivity index (χ1) is 16.3. The van der Waals surface area contributed by atoms with Crippen LogP contribution in [0.15, 0.2) is 83.5 Å². The molecule has 1 aliphatic rings. The summed E-state index contributed by atoms with van der Waals surface area (Å²) >= 11 is 18.3. The number of amides is 3. The molecule has 0 spiro atoms. The Bertz CT molecular complexity index is 1310. The number of carbonyl (C=O) groups is 3. The summed E-state index contributed by atoms with van der Waals surface area (Å²) in [7, 11) is 0. The lowest BCUT2D eigenvalue weighted by Gasteiger charge is -2.15. The lowest BCUT2D eigenvalue weighted by atomic mass is 10.1. The third-order valence-electron chi connectivity index (χ3n) is 5.17. The van der Waals surface area contributed by atoms with Crippen LogP contribution in [0.3, 0.4) is 0 Å². The van der Waals surface area contributed by atoms with Crippen molar-refractivity contribution in [2.24, 2.45) is 0 Å². The molecule has 9 heteroatoms. The molecule has 0 atom stereocenters. The highest BCUT2D eigenvalue weighted by Crippen LogP contribution is 2.30. The van der Waals surface area contributed by atoms with Gasteiger partial charge in [-0.2, -0.15) is 0 Å². The van der Waals surface area contributed by atoms with Gasteiger partial charge in [0.15, 0.2) is 0 Å². The molecule has 0 unspecified atom stereocenters. The second-order valence-corrected chi connectivity index (χ2v) is 8.61. The minimum absolute atomic E-state index is 0.0322. The van der Waals surface area contributed by atoms with E-state index in [1.54, 1.807) is 36.4 Å². The molecule has 3 amide bonds. The van der Waals surface area contributed by atoms with E-state index in [0.29, 0.717) is 28.4 Å². The van der Waals surface area contributed by atoms with Gasteiger partial charge in [0.1, 0.15) is 10.7 Å². The number of imide groups is 1. The SMILES string of the molecule is O=C(Nc1cccc(Cl)c1Cl)c1cccc(NC2=C(Cl)C(=O)N(CCc3ccccc3)C2=O)c1. The highest BCUT2D eigenvalue weighted by Gasteiger charge is 2.37. The Kier molecular flexibility index (Phi) is 7.22. The van der Waals surface area contributed by atoms with Gasteiger partial charge in [-0.1, -0.05) is 77.3 Å². The fraction of sp³-hybridized carbons (Fsp3) is 0.0800. The highest BCUT2D eigenvalue weighted by atomic mass is 35.5. The molecule has 3 aromatic rings. The number of nitrogens with one attached hydrogen (secondary N) is 2. The summed E-state index contributed by atoms with van der Waals surface area (Å²) in [5.41, 5.74) is 2.06. The first-order valence-electron chi connectivity index (χ1n) is 10.3. The van der Waals surface area contributed by atoms with Crippen LogP contribution in [-0.4, -0.2) is 29.2 Å². The minimum Gasteiger partial charge on any atom is -0.350 e. The van der Waals surface area contributed by atoms with Crippen molar-refractivity contribution < 1.29 is 14.4 Å². The maximum atomic E-state index is 12.9. The van der Waals surface area contributed by atoms with E-state index in [4.69, 9.17) is 34.8 Å². The molecule has 0 aromatic heterocycles. The maximum Gasteiger partial charge on any atom is 0.278 e. The van der Waals surface area contributed by atoms with Crippen molar-refractivity contribution in [2.45, 2.75) is 6.42 Å². The zero-order valence-corrected chi connectivity index (χ0v) is 19.9. The maximum absolute atomic E-state index is 12.9. The lowest BCUT2D eigenvalue weighted by molar-refractivity contribution is -0.137. The Balaban J connectivity index is 1.46. The predicted octanol–water partition coefficient (Wildman–Crippen LogP) is 5.72. The number of rotatable bonds is 7. The summed E-state index contributed by atoms with van der Waals surface area (Å²) in [6, 6.07) is 20.9. The first kappa shape index (κ1) is 23.8. The molecule has 34 heavy (non-hydrogen) atoms. The Hall–Kier alpha value is -3.32. The van der Waals surface area contributed by atoms with E-state index < -0.39 is 17.7 Å². The van der Waals surface area contributed by atoms with Crippen LogP contribution < -0.4 is 10.6 Å². The van der Waals surface area contributed by atoms with Crippen LogP contribution in [0.4, 0.5) is 11.4 Å². The normalized spacial score (nSPS) is 13.4. The molecule has 6 nitrogen and oxygen atoms in total. The molecule has 0 radical (unpaired) electrons. The number of hydrogen-bond acceptors (Lipinski definition) is 4. The van der Waals surface area contributed by atoms with Gasteiger partial charge in [-0.15, -0.1) is 0 Å². The summed E-state index contributed by atoms with van der Waals surface area (Å²) in [5, 5.41) is 5.94. The standard InChI is InChI=1S/C25H18Cl3N3O3/c26-18-10-5-11-19(20(18)27)30-23(32)16-8-4-9-17(14-16)29-22-21(28)24(33)31(25(22)34)13-12-15-6-2-1-3-7-15/h1-11,14,29H,12-13H2,(H,30,32). The van der Waals surface area contributed by atoms with E-state index in [9.17, 15) is 14.4 Å². The number of halogens is 3. The van der Waals surface area contributed by atoms with Gasteiger partial charge in [0.25, 0.3) is 17.7 Å². The van der Waals surface area contributed by atoms with Crippen molar-refractivity contribution in [2.75, 3.05) is 17.2 Å². The molecule has 0 fully saturated rings. The van der Waals surface area contributed by atoms with Gasteiger partial charge in [0.05, 0.1) is 15.7 Å². The number of benzene rings is 3. The molecule has 0 saturated carbocycles. The second kappa shape index (κ2) is 10.3. The molecule has 0 bridgehead atoms. The zero-order chi connectivity index (χ0) is 24.2. The van der Waals surface area contributed by atoms with Gasteiger partial charge in [0.2, 0.25) is 0 Å². The molecule has 0 saturated heterocycles. The minimum atomic E-state index is -0.561. The fourth-order valence-corrected chi connectivity index (χ4v) is 4.00. The van der Waals surface area contributed by atoms with E-state index in [1.807, 2.05) is 30.3 Å². The van der Waals surface area contributed by atoms with Gasteiger partial charge in [-0.25, -0.2) is 0 Å². The van der Waals surface area contributed by atoms with Crippen molar-refractivity contribution in [3.63, 3.8) is 0 Å². The first-order valence-corrected chi connectivity index (χ1v) is 11.4. The van der Waals surface area contributed by atoms with E-state index in [2.05, 4.69) is 10.6 Å². The van der Waals surface area contributed by atoms with E-state index in [0.717, 1.165) is 10.5 Å². The van der Waals surface area contributed by atoms with Crippen molar-refractivity contribution in [1.82, 2.24) is 4.90 Å². The smallest absolute Gasteiger partial charge is 0.278 e. The van der Waals surface area contributed by atoms with Crippen LogP contribution in [0.2, 0.25) is 10.0 Å². The van der Waals surface area contributed by atoms with Gasteiger partial charge in [-0.05, 0) is 42.3 Å². The van der Waals surface area contributed by atoms with Crippen LogP contribution in [0.1, 0.15) is 15.9 Å². The fourth-order valence-electron chi connectivity index (χ4n) is 3.42. The quantitative estimate of drug-likeness (QED) is 0.395. The number of carbonyl (C=O) groups excluding carboxylic acids is 3. The highest BCUT2D eigenvalue weighted by molar-refractivity contribution is 6.48. The van der Waals surface area contributed by atoms with Crippen LogP contribution in [0.25, 0.3) is 0 Å². The number of nitrogens with zero attached hydrogens (tertiary/aromatic N) is 1. The van der Waals surface area contributed by atoms with Gasteiger partial charge < -0.3 is 10.6 Å². The summed E-state index contributed by atoms with van der Waals surface area (Å²) in [5.74, 6) is -1.51. The van der Waals surface area contributed by atoms with Crippen LogP contribution >= 0.6 is 34.8 Å². The Morgan fingerprint density at radius 1 is 0.853 bits per heavy atom. The molecule has 0 aliphatic carbocycles. The van der Waals surface area contributed by atoms with Crippen molar-refractivity contribution in [3.8, 4) is 0 Å². The van der Waals surface area contributed by atoms with E-state index >= 15 is 0 Å². The summed E-state index contributed by atoms with van der Waals surface area (Å²) < 4.78 is 0. The largest absolute Gasteiger partial charge is 0.350 e. The lowest BCUT2D eigenvalue weighted by Crippen LogP contribution is -2.34. The molecule has 172 valence electrons. The molecular weight excluding hydrogens is 497 g/mol. The van der Waals surface area contributed by atoms with Crippen LogP contribution in [0.5, 0.6) is 0 Å². The summed E-state index contributed by atoms with van der Waals surface area (Å²) in [6.45, 7) is 0.200. The average molecular weight is 515 g/mol. The average Bonchev–Trinajstić information content (AvgIpc) is 3.04. The monoisotopic (exact) mass is 513 g/mol. The van der Waals surface area contributed by atoms with E-state index in [1.165, 1.54) is 6.07 Å². The molecule has 1 aliphatic heterocycles. The molecular formula is C25H18Cl3N3O3. The number of anilines is 2. The van der Waals surface area contributed by atoms with Crippen molar-refractivity contribution >= 4 is 63.9 Å². The van der Waals surface area contributed by atoms with E-state index in [-0.39, 0.29) is 22.3 Å². The van der Waals surface area contributed by atoms with Crippen molar-refractivity contribution in [1.29, 1.82) is 0 Å². The molecule has 2 N–H and O–H groups in total. The summed E-state index contributed by atoms with van der Waals surface area (Å²) in [4.78, 5) is 39.3. The van der Waals surface area contributed by atoms with Gasteiger partial charge in [0, 0.05) is 17.8 Å². The van der Waals surface area contributed by atoms with Gasteiger partial charge in [-0.3, -0.25) is 19.3 Å². The summed E-state index contributed by atoms with van der Waals surface area (Å²) in [6.07, 6.45) is 0.511. The molecule has 3 aromatic carbocycles. The molecule has 1 heterocycles. The Morgan fingerprint density at radius 2 is 1.59 bits per heavy atom. The van der Waals surface area contributed by atoms with Crippen molar-refractivity contribution in [3.05, 3.63) is 105 Å². The van der Waals surface area contributed by atoms with Crippen LogP contribution in [0, 0.1) is 0 Å².